The lowest BCUT2D eigenvalue weighted by atomic mass is 11.0. The summed E-state index contributed by atoms with van der Waals surface area (Å²) in [6.45, 7) is 0. The van der Waals surface area contributed by atoms with Crippen molar-refractivity contribution in [1.29, 1.82) is 0 Å². The van der Waals surface area contributed by atoms with Crippen LogP contribution >= 0.6 is 0 Å². The maximum absolute atomic E-state index is 7.43. The van der Waals surface area contributed by atoms with E-state index in [4.69, 9.17) is 11.3 Å². The molecule has 3 heteroatoms. The lowest BCUT2D eigenvalue weighted by Crippen LogP contribution is -1.42. The molecule has 0 saturated carbocycles. The van der Waals surface area contributed by atoms with Crippen molar-refractivity contribution in [2.75, 3.05) is 0 Å². The predicted molar refractivity (Wildman–Crippen MR) is 17.5 cm³/mol. The van der Waals surface area contributed by atoms with Crippen molar-refractivity contribution in [3.8, 4) is 0 Å². The van der Waals surface area contributed by atoms with Crippen LogP contribution in [0.15, 0.2) is 6.20 Å². The molecule has 5 heavy (non-hydrogen) atoms. The lowest BCUT2D eigenvalue weighted by molar-refractivity contribution is 0.00805. The molecule has 0 radical (unpaired) electrons. The highest BCUT2D eigenvalue weighted by molar-refractivity contribution is 5.45. The molecule has 26 valence electrons. The van der Waals surface area contributed by atoms with Crippen molar-refractivity contribution in [2.24, 2.45) is 0 Å². The van der Waals surface area contributed by atoms with E-state index in [-0.39, 0.29) is 0 Å². The topological polar surface area (TPSA) is 60.2 Å². The molecule has 1 N–H and O–H groups in total. The first-order valence-electron chi connectivity index (χ1n) is 1.00. The molecule has 0 heterocycles. The quantitative estimate of drug-likeness (QED) is 0.225. The predicted octanol–water partition coefficient (Wildman–Crippen LogP) is 0.452. The Morgan fingerprint density at radius 3 is 2.60 bits per heavy atom. The van der Waals surface area contributed by atoms with E-state index in [0.717, 1.165) is 6.20 Å². The molecule has 0 atom stereocenters. The van der Waals surface area contributed by atoms with Gasteiger partial charge in [0, 0.05) is 0 Å². The van der Waals surface area contributed by atoms with Crippen LogP contribution in [0.2, 0.25) is 0 Å². The first-order chi connectivity index (χ1) is 2.41. The molecule has 0 aromatic carbocycles. The summed E-state index contributed by atoms with van der Waals surface area (Å²) in [5.41, 5.74) is 13.5. The highest BCUT2D eigenvalue weighted by Crippen LogP contribution is 1.42. The fourth-order valence-corrected chi connectivity index (χ4v) is 0.0289. The second kappa shape index (κ2) is 2.96. The SMILES string of the molecule is [N-]=[N+]=C=C[NH-]. The van der Waals surface area contributed by atoms with E-state index in [2.05, 4.69) is 4.79 Å². The molecule has 0 aliphatic heterocycles. The Hall–Kier alpha value is -1.04. The molecule has 0 saturated heterocycles. The van der Waals surface area contributed by atoms with Gasteiger partial charge in [-0.15, -0.1) is 4.79 Å². The molecule has 3 nitrogen and oxygen atoms in total. The van der Waals surface area contributed by atoms with Crippen LogP contribution in [-0.2, 0) is 0 Å². The van der Waals surface area contributed by atoms with E-state index in [9.17, 15) is 0 Å². The molecule has 0 aromatic rings. The summed E-state index contributed by atoms with van der Waals surface area (Å²) in [7, 11) is 0. The standard InChI is InChI=1S/C2H2N3/c3-1-2-5-4/h1,3H/q-1. The summed E-state index contributed by atoms with van der Waals surface area (Å²) in [5.74, 6) is 1.83. The monoisotopic (exact) mass is 68.0 g/mol. The molecule has 0 bridgehead atoms. The van der Waals surface area contributed by atoms with Gasteiger partial charge in [0.25, 0.3) is 5.87 Å². The van der Waals surface area contributed by atoms with E-state index in [0.29, 0.717) is 0 Å². The largest absolute Gasteiger partial charge is 0.693 e. The fourth-order valence-electron chi connectivity index (χ4n) is 0.0289. The Kier molecular flexibility index (Phi) is 2.34. The van der Waals surface area contributed by atoms with Gasteiger partial charge in [0.2, 0.25) is 0 Å². The van der Waals surface area contributed by atoms with Gasteiger partial charge in [0.1, 0.15) is 0 Å². The fraction of sp³-hybridized carbons (Fsp3) is 0. The van der Waals surface area contributed by atoms with Gasteiger partial charge in [-0.2, -0.15) is 0 Å². The van der Waals surface area contributed by atoms with Crippen molar-refractivity contribution in [1.82, 2.24) is 0 Å². The van der Waals surface area contributed by atoms with Crippen LogP contribution in [0, 0.1) is 0 Å². The normalized spacial score (nSPS) is 4.00. The molecular formula is C2H2N3-. The smallest absolute Gasteiger partial charge is 0.275 e. The zero-order valence-electron chi connectivity index (χ0n) is 2.47. The Bertz CT molecular complexity index is 83.1. The van der Waals surface area contributed by atoms with E-state index in [1.54, 1.807) is 0 Å². The van der Waals surface area contributed by atoms with Gasteiger partial charge < -0.3 is 11.3 Å². The van der Waals surface area contributed by atoms with Crippen molar-refractivity contribution < 1.29 is 4.79 Å². The minimum Gasteiger partial charge on any atom is -0.693 e. The van der Waals surface area contributed by atoms with Crippen molar-refractivity contribution in [3.63, 3.8) is 0 Å². The van der Waals surface area contributed by atoms with Crippen LogP contribution < -0.4 is 0 Å². The van der Waals surface area contributed by atoms with Crippen LogP contribution in [0.1, 0.15) is 0 Å². The van der Waals surface area contributed by atoms with E-state index < -0.39 is 0 Å². The van der Waals surface area contributed by atoms with E-state index in [1.807, 2.05) is 5.87 Å². The molecule has 0 spiro atoms. The zero-order chi connectivity index (χ0) is 4.12. The average Bonchev–Trinajstić information content (AvgIpc) is 1.41. The third-order valence-corrected chi connectivity index (χ3v) is 0.122. The first-order valence-corrected chi connectivity index (χ1v) is 1.00. The van der Waals surface area contributed by atoms with Gasteiger partial charge in [-0.1, -0.05) is 0 Å². The maximum Gasteiger partial charge on any atom is 0.275 e. The number of hydrogen-bond acceptors (Lipinski definition) is 0. The van der Waals surface area contributed by atoms with E-state index in [1.165, 1.54) is 0 Å². The summed E-state index contributed by atoms with van der Waals surface area (Å²) in [4.78, 5) is 2.36. The Morgan fingerprint density at radius 1 is 2.00 bits per heavy atom. The van der Waals surface area contributed by atoms with E-state index >= 15 is 0 Å². The van der Waals surface area contributed by atoms with Gasteiger partial charge in [-0.25, -0.2) is 0 Å². The van der Waals surface area contributed by atoms with Crippen molar-refractivity contribution in [2.45, 2.75) is 0 Å². The number of rotatable bonds is 0. The number of nitrogens with zero attached hydrogens (tertiary/aromatic N) is 2. The third-order valence-electron chi connectivity index (χ3n) is 0.122. The van der Waals surface area contributed by atoms with Gasteiger partial charge in [0.05, 0.1) is 0 Å². The molecule has 0 amide bonds. The van der Waals surface area contributed by atoms with Crippen LogP contribution in [0.25, 0.3) is 11.3 Å². The summed E-state index contributed by atoms with van der Waals surface area (Å²) < 4.78 is 0. The second-order valence-electron chi connectivity index (χ2n) is 0.373. The number of hydrogen-bond donors (Lipinski definition) is 0. The number of nitrogens with one attached hydrogen (secondary N) is 1. The van der Waals surface area contributed by atoms with Gasteiger partial charge in [-0.05, 0) is 6.20 Å². The Labute approximate surface area is 29.3 Å². The second-order valence-corrected chi connectivity index (χ2v) is 0.373. The zero-order valence-corrected chi connectivity index (χ0v) is 2.47. The van der Waals surface area contributed by atoms with Crippen molar-refractivity contribution >= 4 is 5.87 Å². The molecule has 0 aromatic heterocycles. The summed E-state index contributed by atoms with van der Waals surface area (Å²) in [6.07, 6.45) is 0.764. The van der Waals surface area contributed by atoms with Crippen LogP contribution in [0.4, 0.5) is 0 Å². The minimum atomic E-state index is 0.764. The Balaban J connectivity index is 3.75. The molecule has 0 rings (SSSR count). The molecule has 0 unspecified atom stereocenters. The molecular weight excluding hydrogens is 66.0 g/mol. The highest BCUT2D eigenvalue weighted by Gasteiger charge is 1.31. The third kappa shape index (κ3) is 2.96. The summed E-state index contributed by atoms with van der Waals surface area (Å²) >= 11 is 0. The van der Waals surface area contributed by atoms with Crippen molar-refractivity contribution in [3.05, 3.63) is 17.5 Å². The van der Waals surface area contributed by atoms with Gasteiger partial charge in [0.15, 0.2) is 0 Å². The average molecular weight is 68.1 g/mol. The molecule has 0 aliphatic rings. The first kappa shape index (κ1) is 3.96. The maximum atomic E-state index is 7.43. The highest BCUT2D eigenvalue weighted by atomic mass is 14.8. The molecule has 0 aliphatic carbocycles. The Morgan fingerprint density at radius 2 is 2.60 bits per heavy atom. The minimum absolute atomic E-state index is 0.764. The van der Waals surface area contributed by atoms with Crippen LogP contribution in [0.5, 0.6) is 0 Å². The summed E-state index contributed by atoms with van der Waals surface area (Å²) in [5, 5.41) is 0. The van der Waals surface area contributed by atoms with Crippen LogP contribution in [0.3, 0.4) is 0 Å². The van der Waals surface area contributed by atoms with Crippen LogP contribution in [-0.4, -0.2) is 10.7 Å². The molecule has 0 fully saturated rings. The summed E-state index contributed by atoms with van der Waals surface area (Å²) in [6, 6.07) is 0. The van der Waals surface area contributed by atoms with Gasteiger partial charge >= 0.3 is 0 Å². The lowest BCUT2D eigenvalue weighted by Gasteiger charge is -1.56. The van der Waals surface area contributed by atoms with Gasteiger partial charge in [-0.3, -0.25) is 0 Å².